The standard InChI is InChI=1S/C11H19N3O3/c1-4-8(6-15)12-11(16)13-10-7(3)14-17-9(10)5-2/h8,15H,4-6H2,1-3H3,(H2,12,13,16). The third-order valence-electron chi connectivity index (χ3n) is 2.54. The van der Waals surface area contributed by atoms with Gasteiger partial charge in [-0.2, -0.15) is 0 Å². The highest BCUT2D eigenvalue weighted by molar-refractivity contribution is 5.90. The van der Waals surface area contributed by atoms with Crippen LogP contribution in [0.25, 0.3) is 0 Å². The Morgan fingerprint density at radius 1 is 1.53 bits per heavy atom. The Morgan fingerprint density at radius 3 is 2.76 bits per heavy atom. The highest BCUT2D eigenvalue weighted by Crippen LogP contribution is 2.20. The lowest BCUT2D eigenvalue weighted by Crippen LogP contribution is -2.39. The number of anilines is 1. The summed E-state index contributed by atoms with van der Waals surface area (Å²) >= 11 is 0. The smallest absolute Gasteiger partial charge is 0.319 e. The third kappa shape index (κ3) is 3.45. The van der Waals surface area contributed by atoms with Crippen LogP contribution in [0.4, 0.5) is 10.5 Å². The summed E-state index contributed by atoms with van der Waals surface area (Å²) in [6, 6.07) is -0.591. The van der Waals surface area contributed by atoms with Gasteiger partial charge < -0.3 is 20.3 Å². The van der Waals surface area contributed by atoms with E-state index in [0.717, 1.165) is 0 Å². The molecule has 6 heteroatoms. The molecule has 3 N–H and O–H groups in total. The maximum absolute atomic E-state index is 11.7. The van der Waals surface area contributed by atoms with Gasteiger partial charge in [0.25, 0.3) is 0 Å². The topological polar surface area (TPSA) is 87.4 Å². The molecule has 0 aliphatic heterocycles. The second-order valence-corrected chi connectivity index (χ2v) is 3.81. The quantitative estimate of drug-likeness (QED) is 0.728. The van der Waals surface area contributed by atoms with Gasteiger partial charge in [0.15, 0.2) is 5.76 Å². The van der Waals surface area contributed by atoms with Crippen LogP contribution in [0, 0.1) is 6.92 Å². The predicted molar refractivity (Wildman–Crippen MR) is 63.9 cm³/mol. The number of nitrogens with one attached hydrogen (secondary N) is 2. The SMILES string of the molecule is CCc1onc(C)c1NC(=O)NC(CC)CO. The molecular weight excluding hydrogens is 222 g/mol. The van der Waals surface area contributed by atoms with Gasteiger partial charge in [-0.1, -0.05) is 19.0 Å². The average Bonchev–Trinajstić information content (AvgIpc) is 2.67. The van der Waals surface area contributed by atoms with Crippen molar-refractivity contribution >= 4 is 11.7 Å². The van der Waals surface area contributed by atoms with Gasteiger partial charge in [0.05, 0.1) is 12.6 Å². The summed E-state index contributed by atoms with van der Waals surface area (Å²) in [5.74, 6) is 0.648. The summed E-state index contributed by atoms with van der Waals surface area (Å²) in [4.78, 5) is 11.7. The van der Waals surface area contributed by atoms with E-state index >= 15 is 0 Å². The molecule has 0 saturated heterocycles. The largest absolute Gasteiger partial charge is 0.394 e. The number of nitrogens with zero attached hydrogens (tertiary/aromatic N) is 1. The maximum atomic E-state index is 11.7. The highest BCUT2D eigenvalue weighted by Gasteiger charge is 2.15. The molecule has 0 aromatic carbocycles. The maximum Gasteiger partial charge on any atom is 0.319 e. The Morgan fingerprint density at radius 2 is 2.24 bits per heavy atom. The van der Waals surface area contributed by atoms with E-state index in [4.69, 9.17) is 9.63 Å². The number of aliphatic hydroxyl groups is 1. The van der Waals surface area contributed by atoms with Gasteiger partial charge in [-0.3, -0.25) is 0 Å². The molecule has 96 valence electrons. The van der Waals surface area contributed by atoms with Crippen LogP contribution in [-0.4, -0.2) is 28.9 Å². The Bertz CT molecular complexity index is 372. The molecule has 1 aromatic rings. The fourth-order valence-electron chi connectivity index (χ4n) is 1.43. The van der Waals surface area contributed by atoms with Crippen molar-refractivity contribution in [3.63, 3.8) is 0 Å². The highest BCUT2D eigenvalue weighted by atomic mass is 16.5. The normalized spacial score (nSPS) is 12.2. The summed E-state index contributed by atoms with van der Waals surface area (Å²) in [5.41, 5.74) is 1.26. The number of carbonyl (C=O) groups excluding carboxylic acids is 1. The van der Waals surface area contributed by atoms with Gasteiger partial charge in [-0.25, -0.2) is 4.79 Å². The lowest BCUT2D eigenvalue weighted by molar-refractivity contribution is 0.222. The molecule has 0 aliphatic rings. The monoisotopic (exact) mass is 241 g/mol. The minimum absolute atomic E-state index is 0.0762. The summed E-state index contributed by atoms with van der Waals surface area (Å²) in [6.07, 6.45) is 1.33. The van der Waals surface area contributed by atoms with Crippen molar-refractivity contribution in [2.24, 2.45) is 0 Å². The van der Waals surface area contributed by atoms with Gasteiger partial charge in [0, 0.05) is 6.42 Å². The van der Waals surface area contributed by atoms with E-state index in [1.54, 1.807) is 6.92 Å². The van der Waals surface area contributed by atoms with E-state index in [-0.39, 0.29) is 18.7 Å². The summed E-state index contributed by atoms with van der Waals surface area (Å²) < 4.78 is 5.06. The molecular formula is C11H19N3O3. The Labute approximate surface area is 100 Å². The molecule has 17 heavy (non-hydrogen) atoms. The van der Waals surface area contributed by atoms with Gasteiger partial charge in [0.2, 0.25) is 0 Å². The minimum Gasteiger partial charge on any atom is -0.394 e. The van der Waals surface area contributed by atoms with Crippen LogP contribution in [0.2, 0.25) is 0 Å². The first-order chi connectivity index (χ1) is 8.12. The van der Waals surface area contributed by atoms with Crippen molar-refractivity contribution in [3.8, 4) is 0 Å². The molecule has 1 rings (SSSR count). The molecule has 0 bridgehead atoms. The number of aryl methyl sites for hydroxylation is 2. The third-order valence-corrected chi connectivity index (χ3v) is 2.54. The van der Waals surface area contributed by atoms with Crippen LogP contribution in [0.1, 0.15) is 31.7 Å². The molecule has 0 spiro atoms. The average molecular weight is 241 g/mol. The van der Waals surface area contributed by atoms with Crippen LogP contribution in [-0.2, 0) is 6.42 Å². The molecule has 0 saturated carbocycles. The lowest BCUT2D eigenvalue weighted by atomic mass is 10.2. The molecule has 1 heterocycles. The van der Waals surface area contributed by atoms with Crippen molar-refractivity contribution in [2.45, 2.75) is 39.7 Å². The number of urea groups is 1. The van der Waals surface area contributed by atoms with Crippen LogP contribution in [0.5, 0.6) is 0 Å². The van der Waals surface area contributed by atoms with Gasteiger partial charge in [0.1, 0.15) is 11.4 Å². The van der Waals surface area contributed by atoms with E-state index in [0.29, 0.717) is 30.0 Å². The van der Waals surface area contributed by atoms with Crippen molar-refractivity contribution in [3.05, 3.63) is 11.5 Å². The molecule has 1 aromatic heterocycles. The van der Waals surface area contributed by atoms with Crippen molar-refractivity contribution in [1.29, 1.82) is 0 Å². The van der Waals surface area contributed by atoms with E-state index in [2.05, 4.69) is 15.8 Å². The first-order valence-corrected chi connectivity index (χ1v) is 5.75. The second kappa shape index (κ2) is 6.24. The second-order valence-electron chi connectivity index (χ2n) is 3.81. The van der Waals surface area contributed by atoms with Crippen molar-refractivity contribution in [2.75, 3.05) is 11.9 Å². The van der Waals surface area contributed by atoms with Crippen molar-refractivity contribution < 1.29 is 14.4 Å². The fraction of sp³-hybridized carbons (Fsp3) is 0.636. The molecule has 6 nitrogen and oxygen atoms in total. The van der Waals surface area contributed by atoms with E-state index < -0.39 is 0 Å². The molecule has 1 atom stereocenters. The molecule has 0 fully saturated rings. The predicted octanol–water partition coefficient (Wildman–Crippen LogP) is 1.44. The summed E-state index contributed by atoms with van der Waals surface area (Å²) in [7, 11) is 0. The summed E-state index contributed by atoms with van der Waals surface area (Å²) in [6.45, 7) is 5.50. The first kappa shape index (κ1) is 13.5. The zero-order valence-electron chi connectivity index (χ0n) is 10.4. The van der Waals surface area contributed by atoms with Crippen LogP contribution >= 0.6 is 0 Å². The van der Waals surface area contributed by atoms with E-state index in [9.17, 15) is 4.79 Å². The number of rotatable bonds is 5. The number of carbonyl (C=O) groups is 1. The summed E-state index contributed by atoms with van der Waals surface area (Å²) in [5, 5.41) is 18.1. The molecule has 0 radical (unpaired) electrons. The van der Waals surface area contributed by atoms with E-state index in [1.807, 2.05) is 13.8 Å². The number of aromatic nitrogens is 1. The van der Waals surface area contributed by atoms with Gasteiger partial charge >= 0.3 is 6.03 Å². The Balaban J connectivity index is 2.64. The Kier molecular flexibility index (Phi) is 4.96. The number of aliphatic hydroxyl groups excluding tert-OH is 1. The van der Waals surface area contributed by atoms with Gasteiger partial charge in [-0.05, 0) is 13.3 Å². The molecule has 0 aliphatic carbocycles. The van der Waals surface area contributed by atoms with Crippen LogP contribution in [0.15, 0.2) is 4.52 Å². The number of hydrogen-bond acceptors (Lipinski definition) is 4. The Hall–Kier alpha value is -1.56. The zero-order valence-corrected chi connectivity index (χ0v) is 10.4. The molecule has 2 amide bonds. The number of amides is 2. The van der Waals surface area contributed by atoms with Crippen LogP contribution in [0.3, 0.4) is 0 Å². The minimum atomic E-state index is -0.355. The van der Waals surface area contributed by atoms with E-state index in [1.165, 1.54) is 0 Å². The van der Waals surface area contributed by atoms with Crippen molar-refractivity contribution in [1.82, 2.24) is 10.5 Å². The van der Waals surface area contributed by atoms with Crippen LogP contribution < -0.4 is 10.6 Å². The number of hydrogen-bond donors (Lipinski definition) is 3. The zero-order chi connectivity index (χ0) is 12.8. The lowest BCUT2D eigenvalue weighted by Gasteiger charge is -2.14. The van der Waals surface area contributed by atoms with Gasteiger partial charge in [-0.15, -0.1) is 0 Å². The molecule has 1 unspecified atom stereocenters. The fourth-order valence-corrected chi connectivity index (χ4v) is 1.43. The first-order valence-electron chi connectivity index (χ1n) is 5.75.